The van der Waals surface area contributed by atoms with Gasteiger partial charge < -0.3 is 18.9 Å². The van der Waals surface area contributed by atoms with E-state index < -0.39 is 41.8 Å². The number of carbonyl (C=O) groups excluding carboxylic acids is 3. The first-order valence-corrected chi connectivity index (χ1v) is 11.3. The van der Waals surface area contributed by atoms with Gasteiger partial charge in [-0.25, -0.2) is 14.4 Å². The lowest BCUT2D eigenvalue weighted by molar-refractivity contribution is -0.0847. The summed E-state index contributed by atoms with van der Waals surface area (Å²) in [6, 6.07) is 25.5. The van der Waals surface area contributed by atoms with Crippen LogP contribution in [-0.4, -0.2) is 48.4 Å². The average molecular weight is 475 g/mol. The molecule has 1 fully saturated rings. The fourth-order valence-corrected chi connectivity index (χ4v) is 3.94. The highest BCUT2D eigenvalue weighted by atomic mass is 16.7. The summed E-state index contributed by atoms with van der Waals surface area (Å²) in [5.41, 5.74) is -0.257. The van der Waals surface area contributed by atoms with Crippen molar-refractivity contribution >= 4 is 17.9 Å². The van der Waals surface area contributed by atoms with Gasteiger partial charge in [-0.2, -0.15) is 0 Å². The summed E-state index contributed by atoms with van der Waals surface area (Å²) in [4.78, 5) is 38.3. The fourth-order valence-electron chi connectivity index (χ4n) is 3.94. The minimum absolute atomic E-state index is 0.191. The summed E-state index contributed by atoms with van der Waals surface area (Å²) in [6.07, 6.45) is -2.52. The number of rotatable bonds is 7. The topological polar surface area (TPSA) is 88.1 Å². The van der Waals surface area contributed by atoms with Gasteiger partial charge in [-0.15, -0.1) is 0 Å². The normalized spacial score (nSPS) is 23.3. The van der Waals surface area contributed by atoms with E-state index in [1.165, 1.54) is 0 Å². The lowest BCUT2D eigenvalue weighted by Crippen LogP contribution is -2.51. The van der Waals surface area contributed by atoms with Crippen molar-refractivity contribution < 1.29 is 33.3 Å². The van der Waals surface area contributed by atoms with Crippen LogP contribution in [0.2, 0.25) is 0 Å². The van der Waals surface area contributed by atoms with E-state index >= 15 is 0 Å². The Morgan fingerprint density at radius 2 is 1.20 bits per heavy atom. The van der Waals surface area contributed by atoms with Crippen LogP contribution in [0.5, 0.6) is 0 Å². The summed E-state index contributed by atoms with van der Waals surface area (Å²) in [7, 11) is 0. The molecule has 1 heterocycles. The zero-order valence-corrected chi connectivity index (χ0v) is 19.5. The Balaban J connectivity index is 1.56. The highest BCUT2D eigenvalue weighted by molar-refractivity contribution is 5.91. The Labute approximate surface area is 203 Å². The molecule has 0 saturated carbocycles. The highest BCUT2D eigenvalue weighted by Gasteiger charge is 2.57. The van der Waals surface area contributed by atoms with Crippen molar-refractivity contribution in [1.29, 1.82) is 0 Å². The van der Waals surface area contributed by atoms with Crippen LogP contribution in [0.4, 0.5) is 0 Å². The third-order valence-corrected chi connectivity index (χ3v) is 6.04. The van der Waals surface area contributed by atoms with Crippen LogP contribution >= 0.6 is 0 Å². The molecular weight excluding hydrogens is 448 g/mol. The van der Waals surface area contributed by atoms with E-state index in [0.717, 1.165) is 0 Å². The van der Waals surface area contributed by atoms with E-state index in [-0.39, 0.29) is 6.61 Å². The first-order valence-electron chi connectivity index (χ1n) is 11.3. The monoisotopic (exact) mass is 474 g/mol. The first kappa shape index (κ1) is 24.2. The van der Waals surface area contributed by atoms with Gasteiger partial charge in [-0.3, -0.25) is 0 Å². The van der Waals surface area contributed by atoms with E-state index in [9.17, 15) is 14.4 Å². The summed E-state index contributed by atoms with van der Waals surface area (Å²) in [5.74, 6) is -1.72. The Bertz CT molecular complexity index is 1160. The molecule has 1 aliphatic rings. The molecule has 0 amide bonds. The van der Waals surface area contributed by atoms with Crippen LogP contribution in [0.1, 0.15) is 44.9 Å². The van der Waals surface area contributed by atoms with Crippen molar-refractivity contribution in [3.05, 3.63) is 108 Å². The maximum Gasteiger partial charge on any atom is 0.338 e. The predicted octanol–water partition coefficient (Wildman–Crippen LogP) is 4.47. The number of esters is 3. The van der Waals surface area contributed by atoms with Crippen LogP contribution in [-0.2, 0) is 18.9 Å². The van der Waals surface area contributed by atoms with E-state index in [2.05, 4.69) is 0 Å². The maximum atomic E-state index is 12.9. The molecular formula is C28H26O7. The minimum Gasteiger partial charge on any atom is -0.459 e. The van der Waals surface area contributed by atoms with E-state index in [1.54, 1.807) is 105 Å². The number of carbonyl (C=O) groups is 3. The quantitative estimate of drug-likeness (QED) is 0.369. The van der Waals surface area contributed by atoms with Crippen molar-refractivity contribution in [1.82, 2.24) is 0 Å². The second kappa shape index (κ2) is 10.5. The Morgan fingerprint density at radius 1 is 0.743 bits per heavy atom. The Kier molecular flexibility index (Phi) is 7.27. The second-order valence-electron chi connectivity index (χ2n) is 8.41. The van der Waals surface area contributed by atoms with Gasteiger partial charge in [0.05, 0.1) is 22.8 Å². The molecule has 0 aliphatic carbocycles. The van der Waals surface area contributed by atoms with Gasteiger partial charge in [0.2, 0.25) is 0 Å². The molecule has 35 heavy (non-hydrogen) atoms. The highest BCUT2D eigenvalue weighted by Crippen LogP contribution is 2.38. The molecule has 0 radical (unpaired) electrons. The fraction of sp³-hybridized carbons (Fsp3) is 0.250. The molecule has 0 aromatic heterocycles. The summed E-state index contributed by atoms with van der Waals surface area (Å²) >= 11 is 0. The first-order chi connectivity index (χ1) is 16.9. The lowest BCUT2D eigenvalue weighted by Gasteiger charge is -2.33. The molecule has 0 bridgehead atoms. The van der Waals surface area contributed by atoms with Crippen molar-refractivity contribution in [2.45, 2.75) is 37.8 Å². The third-order valence-electron chi connectivity index (χ3n) is 6.04. The maximum absolute atomic E-state index is 12.9. The molecule has 0 unspecified atom stereocenters. The third kappa shape index (κ3) is 5.41. The molecule has 4 atom stereocenters. The number of ether oxygens (including phenoxy) is 4. The molecule has 4 rings (SSSR count). The molecule has 7 nitrogen and oxygen atoms in total. The zero-order chi connectivity index (χ0) is 24.8. The predicted molar refractivity (Wildman–Crippen MR) is 127 cm³/mol. The summed E-state index contributed by atoms with van der Waals surface area (Å²) in [6.45, 7) is 3.18. The standard InChI is InChI=1S/C28H26O7/c1-19-28(2,35-27(31)22-16-10-5-11-17-22)24(34-26(30)21-14-8-4-9-15-21)23(33-19)18-32-25(29)20-12-6-3-7-13-20/h3-17,19,23-24H,18H2,1-2H3/t19-,23+,24+,28-/m0/s1. The van der Waals surface area contributed by atoms with Gasteiger partial charge in [-0.1, -0.05) is 54.6 Å². The molecule has 3 aromatic rings. The molecule has 0 spiro atoms. The SMILES string of the molecule is C[C@@H]1O[C@H](COC(=O)c2ccccc2)[C@@H](OC(=O)c2ccccc2)[C@@]1(C)OC(=O)c1ccccc1. The molecule has 1 aliphatic heterocycles. The van der Waals surface area contributed by atoms with Crippen LogP contribution in [0.25, 0.3) is 0 Å². The van der Waals surface area contributed by atoms with Crippen LogP contribution in [0.3, 0.4) is 0 Å². The molecule has 180 valence electrons. The van der Waals surface area contributed by atoms with E-state index in [0.29, 0.717) is 16.7 Å². The van der Waals surface area contributed by atoms with Gasteiger partial charge in [0.1, 0.15) is 12.7 Å². The lowest BCUT2D eigenvalue weighted by atomic mass is 9.92. The summed E-state index contributed by atoms with van der Waals surface area (Å²) in [5, 5.41) is 0. The van der Waals surface area contributed by atoms with Gasteiger partial charge in [0.25, 0.3) is 0 Å². The van der Waals surface area contributed by atoms with Gasteiger partial charge >= 0.3 is 17.9 Å². The van der Waals surface area contributed by atoms with E-state index in [1.807, 2.05) is 0 Å². The smallest absolute Gasteiger partial charge is 0.338 e. The molecule has 7 heteroatoms. The van der Waals surface area contributed by atoms with Crippen molar-refractivity contribution in [3.8, 4) is 0 Å². The van der Waals surface area contributed by atoms with Gasteiger partial charge in [0, 0.05) is 0 Å². The Hall–Kier alpha value is -3.97. The number of hydrogen-bond donors (Lipinski definition) is 0. The molecule has 3 aromatic carbocycles. The number of benzene rings is 3. The van der Waals surface area contributed by atoms with Crippen molar-refractivity contribution in [2.75, 3.05) is 6.61 Å². The van der Waals surface area contributed by atoms with Crippen molar-refractivity contribution in [2.24, 2.45) is 0 Å². The second-order valence-corrected chi connectivity index (χ2v) is 8.41. The minimum atomic E-state index is -1.33. The number of hydrogen-bond acceptors (Lipinski definition) is 7. The Morgan fingerprint density at radius 3 is 1.71 bits per heavy atom. The zero-order valence-electron chi connectivity index (χ0n) is 19.5. The molecule has 0 N–H and O–H groups in total. The van der Waals surface area contributed by atoms with Crippen LogP contribution in [0, 0.1) is 0 Å². The van der Waals surface area contributed by atoms with Crippen LogP contribution in [0.15, 0.2) is 91.0 Å². The van der Waals surface area contributed by atoms with E-state index in [4.69, 9.17) is 18.9 Å². The molecule has 1 saturated heterocycles. The van der Waals surface area contributed by atoms with Crippen LogP contribution < -0.4 is 0 Å². The largest absolute Gasteiger partial charge is 0.459 e. The summed E-state index contributed by atoms with van der Waals surface area (Å²) < 4.78 is 23.2. The van der Waals surface area contributed by atoms with Gasteiger partial charge in [0.15, 0.2) is 11.7 Å². The van der Waals surface area contributed by atoms with Gasteiger partial charge in [-0.05, 0) is 50.2 Å². The van der Waals surface area contributed by atoms with Crippen molar-refractivity contribution in [3.63, 3.8) is 0 Å². The average Bonchev–Trinajstić information content (AvgIpc) is 3.12.